The Balaban J connectivity index is 0.00000408. The fraction of sp³-hybridized carbons (Fsp3) is 0.840. The Morgan fingerprint density at radius 3 is 2.21 bits per heavy atom. The fourth-order valence-corrected chi connectivity index (χ4v) is 7.26. The molecule has 3 aliphatic carbocycles. The zero-order valence-electron chi connectivity index (χ0n) is 21.3. The van der Waals surface area contributed by atoms with Crippen LogP contribution in [0, 0.1) is 72.6 Å². The normalized spacial score (nSPS) is 46.1. The van der Waals surface area contributed by atoms with E-state index in [4.69, 9.17) is 4.74 Å². The number of fused-ring (bicyclic) bond motifs is 3. The predicted molar refractivity (Wildman–Crippen MR) is 120 cm³/mol. The van der Waals surface area contributed by atoms with Crippen LogP contribution < -0.4 is 0 Å². The van der Waals surface area contributed by atoms with Gasteiger partial charge in [0.05, 0.1) is 35.4 Å². The summed E-state index contributed by atoms with van der Waals surface area (Å²) in [5.74, 6) is -3.67. The molecule has 8 nitrogen and oxygen atoms in total. The van der Waals surface area contributed by atoms with Gasteiger partial charge in [-0.3, -0.25) is 9.59 Å². The van der Waals surface area contributed by atoms with Crippen LogP contribution in [0.4, 0.5) is 0 Å². The van der Waals surface area contributed by atoms with E-state index in [0.717, 1.165) is 0 Å². The zero-order valence-corrected chi connectivity index (χ0v) is 26.1. The molecule has 9 heteroatoms. The third-order valence-corrected chi connectivity index (χ3v) is 9.57. The van der Waals surface area contributed by atoms with Crippen molar-refractivity contribution >= 4 is 11.8 Å². The molecule has 0 aromatic rings. The average molecular weight is 696 g/mol. The molecule has 6 unspecified atom stereocenters. The van der Waals surface area contributed by atoms with Crippen molar-refractivity contribution in [3.8, 4) is 0 Å². The van der Waals surface area contributed by atoms with Crippen LogP contribution >= 0.6 is 0 Å². The number of aliphatic hydroxyl groups is 5. The van der Waals surface area contributed by atoms with Gasteiger partial charge in [0, 0.05) is 68.2 Å². The van der Waals surface area contributed by atoms with Gasteiger partial charge in [0.2, 0.25) is 0 Å². The molecule has 191 valence electrons. The average Bonchev–Trinajstić information content (AvgIpc) is 2.74. The number of ketones is 1. The van der Waals surface area contributed by atoms with Gasteiger partial charge in [0.1, 0.15) is 0 Å². The summed E-state index contributed by atoms with van der Waals surface area (Å²) in [4.78, 5) is 26.7. The van der Waals surface area contributed by atoms with Gasteiger partial charge in [-0.25, -0.2) is 0 Å². The molecule has 5 N–H and O–H groups in total. The number of carbonyl (C=O) groups is 2. The molecule has 9 atom stereocenters. The summed E-state index contributed by atoms with van der Waals surface area (Å²) in [6.07, 6.45) is -3.72. The van der Waals surface area contributed by atoms with E-state index in [1.54, 1.807) is 41.5 Å². The summed E-state index contributed by atoms with van der Waals surface area (Å²) in [6, 6.07) is 0. The summed E-state index contributed by atoms with van der Waals surface area (Å²) < 4.78 is 5.68. The second-order valence-corrected chi connectivity index (χ2v) is 11.3. The van der Waals surface area contributed by atoms with Gasteiger partial charge >= 0.3 is 5.97 Å². The van der Waals surface area contributed by atoms with Crippen LogP contribution in [0.15, 0.2) is 11.1 Å². The number of rotatable bonds is 3. The molecule has 0 spiro atoms. The van der Waals surface area contributed by atoms with E-state index < -0.39 is 76.5 Å². The van der Waals surface area contributed by atoms with Crippen molar-refractivity contribution in [3.05, 3.63) is 11.1 Å². The molecular weight excluding hydrogens is 655 g/mol. The number of hydrogen-bond donors (Lipinski definition) is 5. The first-order valence-corrected chi connectivity index (χ1v) is 11.9. The number of Topliss-reactive ketones (excluding diaryl/α,β-unsaturated/α-hetero) is 1. The summed E-state index contributed by atoms with van der Waals surface area (Å²) in [6.45, 7) is 11.0. The van der Waals surface area contributed by atoms with Crippen molar-refractivity contribution in [2.45, 2.75) is 97.2 Å². The van der Waals surface area contributed by atoms with Gasteiger partial charge in [-0.15, -0.1) is 0 Å². The van der Waals surface area contributed by atoms with Crippen molar-refractivity contribution in [2.24, 2.45) is 28.6 Å². The van der Waals surface area contributed by atoms with Crippen molar-refractivity contribution in [3.63, 3.8) is 0 Å². The Morgan fingerprint density at radius 1 is 1.15 bits per heavy atom. The third-order valence-electron chi connectivity index (χ3n) is 9.57. The fourth-order valence-electron chi connectivity index (χ4n) is 7.26. The van der Waals surface area contributed by atoms with Crippen LogP contribution in [-0.2, 0) is 14.3 Å². The van der Waals surface area contributed by atoms with Gasteiger partial charge in [0.25, 0.3) is 0 Å². The number of aliphatic hydroxyl groups excluding tert-OH is 3. The maximum Gasteiger partial charge on any atom is 0.306 e. The van der Waals surface area contributed by atoms with E-state index in [9.17, 15) is 35.1 Å². The first-order chi connectivity index (χ1) is 15.0. The largest absolute Gasteiger partial charge is 0.450 e. The van der Waals surface area contributed by atoms with E-state index in [1.165, 1.54) is 6.92 Å². The third kappa shape index (κ3) is 3.92. The standard InChI is InChI=1S/C25H40O8.Ac/c1-8-17(29)33-19-18-13(3)15(27)10-25(32,22(18,5)6)14(4)20-23(7,21(19)30)16(28)9-12(2)24(20,31)11-26;/h12,14-16,19-20,26-28,31-32H,8-11H2,1-7H3;/t12-,14+,15?,16?,19?,20?,23-,24?,25?;/m1./s1. The summed E-state index contributed by atoms with van der Waals surface area (Å²) in [5.41, 5.74) is -5.37. The van der Waals surface area contributed by atoms with E-state index in [1.807, 2.05) is 0 Å². The predicted octanol–water partition coefficient (Wildman–Crippen LogP) is 1.11. The minimum Gasteiger partial charge on any atom is -0.450 e. The van der Waals surface area contributed by atoms with Crippen molar-refractivity contribution in [1.29, 1.82) is 0 Å². The molecule has 0 aromatic heterocycles. The Kier molecular flexibility index (Phi) is 8.73. The van der Waals surface area contributed by atoms with Gasteiger partial charge in [-0.2, -0.15) is 0 Å². The van der Waals surface area contributed by atoms with Gasteiger partial charge in [-0.1, -0.05) is 34.6 Å². The molecule has 2 fully saturated rings. The van der Waals surface area contributed by atoms with Crippen molar-refractivity contribution in [2.75, 3.05) is 6.61 Å². The van der Waals surface area contributed by atoms with Crippen LogP contribution in [0.25, 0.3) is 0 Å². The molecule has 2 bridgehead atoms. The Hall–Kier alpha value is 0.122. The number of esters is 1. The smallest absolute Gasteiger partial charge is 0.306 e. The van der Waals surface area contributed by atoms with E-state index in [-0.39, 0.29) is 63.3 Å². The van der Waals surface area contributed by atoms with Crippen LogP contribution in [0.1, 0.15) is 67.7 Å². The molecule has 2 saturated carbocycles. The van der Waals surface area contributed by atoms with Gasteiger partial charge in [0.15, 0.2) is 11.9 Å². The molecule has 34 heavy (non-hydrogen) atoms. The summed E-state index contributed by atoms with van der Waals surface area (Å²) >= 11 is 0. The molecular formula is C25H40AcO8. The van der Waals surface area contributed by atoms with Crippen molar-refractivity contribution in [1.82, 2.24) is 0 Å². The molecule has 0 aliphatic heterocycles. The second-order valence-electron chi connectivity index (χ2n) is 11.3. The second kappa shape index (κ2) is 9.78. The molecule has 3 aliphatic rings. The molecule has 0 amide bonds. The quantitative estimate of drug-likeness (QED) is 0.219. The summed E-state index contributed by atoms with van der Waals surface area (Å²) in [7, 11) is 0. The number of carbonyl (C=O) groups excluding carboxylic acids is 2. The van der Waals surface area contributed by atoms with Crippen LogP contribution in [0.5, 0.6) is 0 Å². The Morgan fingerprint density at radius 2 is 1.71 bits per heavy atom. The Bertz CT molecular complexity index is 871. The van der Waals surface area contributed by atoms with Crippen LogP contribution in [0.3, 0.4) is 0 Å². The molecule has 1 radical (unpaired) electrons. The molecule has 0 saturated heterocycles. The summed E-state index contributed by atoms with van der Waals surface area (Å²) in [5, 5.41) is 56.5. The SMILES string of the molecule is CCC(=O)OC1C(=O)[C@]2(C)C(O)C[C@@H](C)C(O)(CO)C2[C@H](C)C2(O)CC(O)C(C)=C1C2(C)C.[Ac]. The van der Waals surface area contributed by atoms with E-state index in [0.29, 0.717) is 11.1 Å². The first kappa shape index (κ1) is 30.3. The first-order valence-electron chi connectivity index (χ1n) is 11.9. The zero-order chi connectivity index (χ0) is 25.3. The minimum atomic E-state index is -1.78. The minimum absolute atomic E-state index is 0. The van der Waals surface area contributed by atoms with Crippen molar-refractivity contribution < 1.29 is 83.9 Å². The Labute approximate surface area is 237 Å². The van der Waals surface area contributed by atoms with Gasteiger partial charge in [-0.05, 0) is 43.3 Å². The van der Waals surface area contributed by atoms with E-state index >= 15 is 0 Å². The number of ether oxygens (including phenoxy) is 1. The maximum absolute atomic E-state index is 14.3. The van der Waals surface area contributed by atoms with Gasteiger partial charge < -0.3 is 30.3 Å². The maximum atomic E-state index is 14.3. The molecule has 0 aromatic carbocycles. The number of hydrogen-bond acceptors (Lipinski definition) is 8. The van der Waals surface area contributed by atoms with Crippen LogP contribution in [-0.4, -0.2) is 73.4 Å². The molecule has 3 rings (SSSR count). The topological polar surface area (TPSA) is 145 Å². The van der Waals surface area contributed by atoms with Crippen LogP contribution in [0.2, 0.25) is 0 Å². The van der Waals surface area contributed by atoms with E-state index in [2.05, 4.69) is 0 Å². The molecule has 0 heterocycles. The monoisotopic (exact) mass is 695 g/mol.